The molecule has 0 N–H and O–H groups in total. The van der Waals surface area contributed by atoms with Crippen molar-refractivity contribution in [1.29, 1.82) is 0 Å². The van der Waals surface area contributed by atoms with Crippen LogP contribution >= 0.6 is 0 Å². The number of imide groups is 1. The molecular weight excluding hydrogens is 373 g/mol. The summed E-state index contributed by atoms with van der Waals surface area (Å²) in [5.74, 6) is -0.133. The molecule has 0 saturated carbocycles. The van der Waals surface area contributed by atoms with E-state index in [0.29, 0.717) is 18.5 Å². The first-order chi connectivity index (χ1) is 13.4. The lowest BCUT2D eigenvalue weighted by atomic mass is 10.2. The summed E-state index contributed by atoms with van der Waals surface area (Å²) in [6.07, 6.45) is -3.42. The second-order valence-corrected chi connectivity index (χ2v) is 6.33. The van der Waals surface area contributed by atoms with Gasteiger partial charge in [-0.2, -0.15) is 13.2 Å². The van der Waals surface area contributed by atoms with Gasteiger partial charge in [-0.3, -0.25) is 14.6 Å². The molecule has 3 amide bonds. The fourth-order valence-electron chi connectivity index (χ4n) is 2.89. The average Bonchev–Trinajstić information content (AvgIpc) is 2.96. The van der Waals surface area contributed by atoms with E-state index in [1.54, 1.807) is 24.3 Å². The van der Waals surface area contributed by atoms with E-state index in [-0.39, 0.29) is 37.4 Å². The molecule has 1 aliphatic heterocycles. The van der Waals surface area contributed by atoms with Crippen LogP contribution in [0.15, 0.2) is 54.6 Å². The van der Waals surface area contributed by atoms with Crippen molar-refractivity contribution in [2.75, 3.05) is 24.6 Å². The number of anilines is 1. The van der Waals surface area contributed by atoms with E-state index in [2.05, 4.69) is 0 Å². The van der Waals surface area contributed by atoms with Gasteiger partial charge in [0.2, 0.25) is 0 Å². The Kier molecular flexibility index (Phi) is 5.87. The van der Waals surface area contributed by atoms with Crippen molar-refractivity contribution in [3.8, 4) is 5.75 Å². The Hall–Kier alpha value is -3.03. The lowest BCUT2D eigenvalue weighted by molar-refractivity contribution is -0.137. The van der Waals surface area contributed by atoms with E-state index < -0.39 is 11.7 Å². The highest BCUT2D eigenvalue weighted by molar-refractivity contribution is 6.12. The minimum Gasteiger partial charge on any atom is -0.494 e. The van der Waals surface area contributed by atoms with Gasteiger partial charge in [-0.1, -0.05) is 24.3 Å². The molecule has 2 aromatic rings. The molecular formula is C20H19F3N2O3. The molecule has 0 aliphatic carbocycles. The standard InChI is InChI=1S/C20H19F3N2O3/c21-20(22,23)15-7-6-10-17(13-15)28-12-5-4-11-24-18(26)14-25(19(24)27)16-8-2-1-3-9-16/h1-3,6-10,13H,4-5,11-12,14H2. The Bertz CT molecular complexity index is 840. The topological polar surface area (TPSA) is 49.9 Å². The predicted molar refractivity (Wildman–Crippen MR) is 97.1 cm³/mol. The lowest BCUT2D eigenvalue weighted by Crippen LogP contribution is -2.33. The molecule has 0 bridgehead atoms. The van der Waals surface area contributed by atoms with Crippen molar-refractivity contribution in [2.24, 2.45) is 0 Å². The van der Waals surface area contributed by atoms with Gasteiger partial charge in [-0.15, -0.1) is 0 Å². The minimum absolute atomic E-state index is 0.00355. The normalized spacial score (nSPS) is 14.7. The van der Waals surface area contributed by atoms with Gasteiger partial charge in [0.05, 0.1) is 12.2 Å². The number of nitrogens with zero attached hydrogens (tertiary/aromatic N) is 2. The third-order valence-corrected chi connectivity index (χ3v) is 4.33. The minimum atomic E-state index is -4.42. The van der Waals surface area contributed by atoms with Gasteiger partial charge in [0.1, 0.15) is 12.3 Å². The van der Waals surface area contributed by atoms with Gasteiger partial charge in [0.15, 0.2) is 0 Å². The third-order valence-electron chi connectivity index (χ3n) is 4.33. The number of alkyl halides is 3. The first-order valence-corrected chi connectivity index (χ1v) is 8.83. The van der Waals surface area contributed by atoms with Gasteiger partial charge >= 0.3 is 12.2 Å². The number of para-hydroxylation sites is 1. The van der Waals surface area contributed by atoms with Crippen LogP contribution in [0.25, 0.3) is 0 Å². The maximum absolute atomic E-state index is 12.7. The van der Waals surface area contributed by atoms with E-state index in [0.717, 1.165) is 12.1 Å². The molecule has 1 saturated heterocycles. The summed E-state index contributed by atoms with van der Waals surface area (Å²) in [6.45, 7) is 0.441. The molecule has 0 radical (unpaired) electrons. The number of hydrogen-bond acceptors (Lipinski definition) is 3. The molecule has 8 heteroatoms. The van der Waals surface area contributed by atoms with Gasteiger partial charge in [-0.05, 0) is 43.2 Å². The maximum atomic E-state index is 12.7. The maximum Gasteiger partial charge on any atom is 0.416 e. The number of benzene rings is 2. The van der Waals surface area contributed by atoms with Crippen LogP contribution in [0, 0.1) is 0 Å². The molecule has 1 aliphatic rings. The molecule has 1 fully saturated rings. The summed E-state index contributed by atoms with van der Waals surface area (Å²) in [5.41, 5.74) is -0.101. The first kappa shape index (κ1) is 19.7. The number of unbranched alkanes of at least 4 members (excludes halogenated alkanes) is 1. The van der Waals surface area contributed by atoms with E-state index in [9.17, 15) is 22.8 Å². The van der Waals surface area contributed by atoms with Crippen molar-refractivity contribution < 1.29 is 27.5 Å². The fraction of sp³-hybridized carbons (Fsp3) is 0.300. The van der Waals surface area contributed by atoms with E-state index in [1.165, 1.54) is 21.9 Å². The molecule has 2 aromatic carbocycles. The van der Waals surface area contributed by atoms with Crippen LogP contribution < -0.4 is 9.64 Å². The molecule has 0 unspecified atom stereocenters. The number of carbonyl (C=O) groups is 2. The number of halogens is 3. The predicted octanol–water partition coefficient (Wildman–Crippen LogP) is 4.33. The van der Waals surface area contributed by atoms with E-state index in [1.807, 2.05) is 6.07 Å². The number of rotatable bonds is 7. The van der Waals surface area contributed by atoms with Gasteiger partial charge in [-0.25, -0.2) is 4.79 Å². The summed E-state index contributed by atoms with van der Waals surface area (Å²) in [4.78, 5) is 27.1. The monoisotopic (exact) mass is 392 g/mol. The number of ether oxygens (including phenoxy) is 1. The van der Waals surface area contributed by atoms with Crippen molar-refractivity contribution in [3.05, 3.63) is 60.2 Å². The van der Waals surface area contributed by atoms with Crippen LogP contribution in [0.3, 0.4) is 0 Å². The number of urea groups is 1. The first-order valence-electron chi connectivity index (χ1n) is 8.83. The van der Waals surface area contributed by atoms with E-state index in [4.69, 9.17) is 4.74 Å². The second kappa shape index (κ2) is 8.33. The molecule has 5 nitrogen and oxygen atoms in total. The Labute approximate surface area is 160 Å². The quantitative estimate of drug-likeness (QED) is 0.521. The zero-order valence-electron chi connectivity index (χ0n) is 15.0. The second-order valence-electron chi connectivity index (χ2n) is 6.33. The summed E-state index contributed by atoms with van der Waals surface area (Å²) in [7, 11) is 0. The SMILES string of the molecule is O=C1CN(c2ccccc2)C(=O)N1CCCCOc1cccc(C(F)(F)F)c1. The molecule has 3 rings (SSSR count). The van der Waals surface area contributed by atoms with Crippen molar-refractivity contribution >= 4 is 17.6 Å². The van der Waals surface area contributed by atoms with Gasteiger partial charge < -0.3 is 4.74 Å². The average molecular weight is 392 g/mol. The van der Waals surface area contributed by atoms with Crippen LogP contribution in [-0.4, -0.2) is 36.5 Å². The smallest absolute Gasteiger partial charge is 0.416 e. The van der Waals surface area contributed by atoms with Crippen LogP contribution in [0.2, 0.25) is 0 Å². The number of hydrogen-bond donors (Lipinski definition) is 0. The summed E-state index contributed by atoms with van der Waals surface area (Å²) >= 11 is 0. The van der Waals surface area contributed by atoms with Crippen LogP contribution in [-0.2, 0) is 11.0 Å². The van der Waals surface area contributed by atoms with E-state index >= 15 is 0 Å². The highest BCUT2D eigenvalue weighted by Gasteiger charge is 2.36. The molecule has 0 spiro atoms. The Balaban J connectivity index is 1.46. The molecule has 28 heavy (non-hydrogen) atoms. The molecule has 1 heterocycles. The number of carbonyl (C=O) groups excluding carboxylic acids is 2. The van der Waals surface area contributed by atoms with Crippen molar-refractivity contribution in [2.45, 2.75) is 19.0 Å². The Morgan fingerprint density at radius 3 is 2.43 bits per heavy atom. The van der Waals surface area contributed by atoms with Crippen molar-refractivity contribution in [3.63, 3.8) is 0 Å². The molecule has 0 aromatic heterocycles. The highest BCUT2D eigenvalue weighted by Crippen LogP contribution is 2.31. The van der Waals surface area contributed by atoms with Gasteiger partial charge in [0.25, 0.3) is 5.91 Å². The van der Waals surface area contributed by atoms with Crippen LogP contribution in [0.4, 0.5) is 23.7 Å². The summed E-state index contributed by atoms with van der Waals surface area (Å²) in [6, 6.07) is 13.2. The molecule has 0 atom stereocenters. The Morgan fingerprint density at radius 2 is 1.71 bits per heavy atom. The van der Waals surface area contributed by atoms with Crippen LogP contribution in [0.5, 0.6) is 5.75 Å². The van der Waals surface area contributed by atoms with Crippen molar-refractivity contribution in [1.82, 2.24) is 4.90 Å². The number of amides is 3. The zero-order chi connectivity index (χ0) is 20.1. The molecule has 148 valence electrons. The van der Waals surface area contributed by atoms with Gasteiger partial charge in [0, 0.05) is 12.2 Å². The third kappa shape index (κ3) is 4.62. The highest BCUT2D eigenvalue weighted by atomic mass is 19.4. The summed E-state index contributed by atoms with van der Waals surface area (Å²) < 4.78 is 43.4. The lowest BCUT2D eigenvalue weighted by Gasteiger charge is -2.17. The van der Waals surface area contributed by atoms with Crippen LogP contribution in [0.1, 0.15) is 18.4 Å². The zero-order valence-corrected chi connectivity index (χ0v) is 15.0. The summed E-state index contributed by atoms with van der Waals surface area (Å²) in [5, 5.41) is 0. The largest absolute Gasteiger partial charge is 0.494 e. The Morgan fingerprint density at radius 1 is 0.964 bits per heavy atom. The fourth-order valence-corrected chi connectivity index (χ4v) is 2.89.